The van der Waals surface area contributed by atoms with Crippen molar-refractivity contribution in [1.82, 2.24) is 4.98 Å². The van der Waals surface area contributed by atoms with Gasteiger partial charge in [-0.15, -0.1) is 0 Å². The first-order valence-corrected chi connectivity index (χ1v) is 3.86. The van der Waals surface area contributed by atoms with Crippen molar-refractivity contribution in [3.8, 4) is 0 Å². The summed E-state index contributed by atoms with van der Waals surface area (Å²) in [4.78, 5) is 2.84. The lowest BCUT2D eigenvalue weighted by Gasteiger charge is -1.97. The normalized spacial score (nSPS) is 10.7. The second-order valence-corrected chi connectivity index (χ2v) is 2.76. The Kier molecular flexibility index (Phi) is 1.69. The Bertz CT molecular complexity index is 448. The summed E-state index contributed by atoms with van der Waals surface area (Å²) in [6.45, 7) is 0. The molecule has 0 atom stereocenters. The molecule has 2 nitrogen and oxygen atoms in total. The van der Waals surface area contributed by atoms with Gasteiger partial charge in [0, 0.05) is 24.7 Å². The fourth-order valence-electron chi connectivity index (χ4n) is 1.32. The highest BCUT2D eigenvalue weighted by Gasteiger charge is 2.07. The standard InChI is InChI=1S/C9H8F2N2/c1-12-9-4-13-8-3-7(11)6(10)2-5(8)9/h2-4,12-13H,1H3. The van der Waals surface area contributed by atoms with Crippen molar-refractivity contribution in [2.24, 2.45) is 0 Å². The van der Waals surface area contributed by atoms with E-state index in [0.717, 1.165) is 11.8 Å². The third-order valence-corrected chi connectivity index (χ3v) is 1.99. The summed E-state index contributed by atoms with van der Waals surface area (Å²) in [5, 5.41) is 3.53. The van der Waals surface area contributed by atoms with E-state index >= 15 is 0 Å². The van der Waals surface area contributed by atoms with Gasteiger partial charge in [-0.3, -0.25) is 0 Å². The van der Waals surface area contributed by atoms with Crippen molar-refractivity contribution in [3.63, 3.8) is 0 Å². The summed E-state index contributed by atoms with van der Waals surface area (Å²) in [5.74, 6) is -1.67. The quantitative estimate of drug-likeness (QED) is 0.696. The van der Waals surface area contributed by atoms with Crippen molar-refractivity contribution in [3.05, 3.63) is 30.0 Å². The molecule has 1 aromatic carbocycles. The third-order valence-electron chi connectivity index (χ3n) is 1.99. The summed E-state index contributed by atoms with van der Waals surface area (Å²) < 4.78 is 25.6. The Morgan fingerprint density at radius 3 is 2.62 bits per heavy atom. The van der Waals surface area contributed by atoms with E-state index in [2.05, 4.69) is 10.3 Å². The molecule has 0 saturated heterocycles. The lowest BCUT2D eigenvalue weighted by molar-refractivity contribution is 0.511. The molecule has 1 heterocycles. The van der Waals surface area contributed by atoms with E-state index in [1.54, 1.807) is 13.2 Å². The molecular weight excluding hydrogens is 174 g/mol. The zero-order chi connectivity index (χ0) is 9.42. The molecule has 68 valence electrons. The first-order valence-electron chi connectivity index (χ1n) is 3.86. The Morgan fingerprint density at radius 2 is 1.92 bits per heavy atom. The lowest BCUT2D eigenvalue weighted by atomic mass is 10.2. The van der Waals surface area contributed by atoms with Crippen LogP contribution in [0.3, 0.4) is 0 Å². The van der Waals surface area contributed by atoms with Gasteiger partial charge < -0.3 is 10.3 Å². The van der Waals surface area contributed by atoms with Crippen molar-refractivity contribution in [1.29, 1.82) is 0 Å². The van der Waals surface area contributed by atoms with Gasteiger partial charge in [0.25, 0.3) is 0 Å². The molecule has 13 heavy (non-hydrogen) atoms. The summed E-state index contributed by atoms with van der Waals surface area (Å²) in [5.41, 5.74) is 1.34. The first-order chi connectivity index (χ1) is 6.22. The van der Waals surface area contributed by atoms with Crippen LogP contribution in [0.5, 0.6) is 0 Å². The molecule has 0 fully saturated rings. The van der Waals surface area contributed by atoms with Crippen LogP contribution in [0, 0.1) is 11.6 Å². The summed E-state index contributed by atoms with van der Waals surface area (Å²) in [7, 11) is 1.73. The zero-order valence-electron chi connectivity index (χ0n) is 6.99. The van der Waals surface area contributed by atoms with Gasteiger partial charge in [-0.2, -0.15) is 0 Å². The van der Waals surface area contributed by atoms with E-state index in [9.17, 15) is 8.78 Å². The van der Waals surface area contributed by atoms with Crippen LogP contribution in [-0.4, -0.2) is 12.0 Å². The maximum absolute atomic E-state index is 12.8. The van der Waals surface area contributed by atoms with Crippen LogP contribution in [-0.2, 0) is 0 Å². The third kappa shape index (κ3) is 1.14. The minimum absolute atomic E-state index is 0.586. The molecule has 0 bridgehead atoms. The molecule has 0 aliphatic rings. The summed E-state index contributed by atoms with van der Waals surface area (Å²) in [6, 6.07) is 2.32. The molecule has 2 N–H and O–H groups in total. The van der Waals surface area contributed by atoms with E-state index < -0.39 is 11.6 Å². The van der Waals surface area contributed by atoms with Crippen molar-refractivity contribution in [2.45, 2.75) is 0 Å². The van der Waals surface area contributed by atoms with Gasteiger partial charge in [0.15, 0.2) is 11.6 Å². The van der Waals surface area contributed by atoms with Crippen molar-refractivity contribution >= 4 is 16.6 Å². The number of H-pyrrole nitrogens is 1. The fourth-order valence-corrected chi connectivity index (χ4v) is 1.32. The van der Waals surface area contributed by atoms with Crippen LogP contribution in [0.4, 0.5) is 14.5 Å². The van der Waals surface area contributed by atoms with Crippen molar-refractivity contribution < 1.29 is 8.78 Å². The number of hydrogen-bond donors (Lipinski definition) is 2. The Balaban J connectivity index is 2.77. The van der Waals surface area contributed by atoms with Crippen LogP contribution in [0.25, 0.3) is 10.9 Å². The van der Waals surface area contributed by atoms with E-state index in [4.69, 9.17) is 0 Å². The highest BCUT2D eigenvalue weighted by Crippen LogP contribution is 2.24. The number of fused-ring (bicyclic) bond motifs is 1. The summed E-state index contributed by atoms with van der Waals surface area (Å²) >= 11 is 0. The van der Waals surface area contributed by atoms with E-state index in [0.29, 0.717) is 10.9 Å². The molecule has 1 aromatic heterocycles. The Morgan fingerprint density at radius 1 is 1.23 bits per heavy atom. The van der Waals surface area contributed by atoms with Gasteiger partial charge >= 0.3 is 0 Å². The maximum atomic E-state index is 12.8. The number of aromatic nitrogens is 1. The number of hydrogen-bond acceptors (Lipinski definition) is 1. The number of benzene rings is 1. The molecule has 0 aliphatic carbocycles. The zero-order valence-corrected chi connectivity index (χ0v) is 6.99. The Labute approximate surface area is 73.6 Å². The molecule has 0 amide bonds. The smallest absolute Gasteiger partial charge is 0.160 e. The molecule has 0 aliphatic heterocycles. The van der Waals surface area contributed by atoms with Gasteiger partial charge in [0.2, 0.25) is 0 Å². The molecule has 4 heteroatoms. The number of aromatic amines is 1. The van der Waals surface area contributed by atoms with E-state index in [1.165, 1.54) is 6.07 Å². The topological polar surface area (TPSA) is 27.8 Å². The SMILES string of the molecule is CNc1c[nH]c2cc(F)c(F)cc12. The molecule has 2 aromatic rings. The molecule has 0 saturated carbocycles. The maximum Gasteiger partial charge on any atom is 0.160 e. The van der Waals surface area contributed by atoms with Gasteiger partial charge in [-0.1, -0.05) is 0 Å². The number of nitrogens with one attached hydrogen (secondary N) is 2. The van der Waals surface area contributed by atoms with Crippen molar-refractivity contribution in [2.75, 3.05) is 12.4 Å². The van der Waals surface area contributed by atoms with Crippen LogP contribution in [0.15, 0.2) is 18.3 Å². The van der Waals surface area contributed by atoms with Crippen LogP contribution in [0.2, 0.25) is 0 Å². The highest BCUT2D eigenvalue weighted by atomic mass is 19.2. The number of anilines is 1. The lowest BCUT2D eigenvalue weighted by Crippen LogP contribution is -1.87. The van der Waals surface area contributed by atoms with E-state index in [-0.39, 0.29) is 0 Å². The second-order valence-electron chi connectivity index (χ2n) is 2.76. The minimum Gasteiger partial charge on any atom is -0.386 e. The average Bonchev–Trinajstić information content (AvgIpc) is 2.48. The highest BCUT2D eigenvalue weighted by molar-refractivity contribution is 5.92. The van der Waals surface area contributed by atoms with Crippen LogP contribution < -0.4 is 5.32 Å². The molecular formula is C9H8F2N2. The van der Waals surface area contributed by atoms with Gasteiger partial charge in [0.1, 0.15) is 0 Å². The largest absolute Gasteiger partial charge is 0.386 e. The molecule has 0 spiro atoms. The number of halogens is 2. The van der Waals surface area contributed by atoms with Crippen LogP contribution >= 0.6 is 0 Å². The molecule has 0 radical (unpaired) electrons. The minimum atomic E-state index is -0.836. The average molecular weight is 182 g/mol. The summed E-state index contributed by atoms with van der Waals surface area (Å²) in [6.07, 6.45) is 1.67. The van der Waals surface area contributed by atoms with Crippen LogP contribution in [0.1, 0.15) is 0 Å². The predicted molar refractivity (Wildman–Crippen MR) is 47.8 cm³/mol. The molecule has 0 unspecified atom stereocenters. The van der Waals surface area contributed by atoms with Gasteiger partial charge in [-0.25, -0.2) is 8.78 Å². The monoisotopic (exact) mass is 182 g/mol. The number of rotatable bonds is 1. The Hall–Kier alpha value is -1.58. The van der Waals surface area contributed by atoms with Gasteiger partial charge in [-0.05, 0) is 6.07 Å². The predicted octanol–water partition coefficient (Wildman–Crippen LogP) is 2.49. The fraction of sp³-hybridized carbons (Fsp3) is 0.111. The first kappa shape index (κ1) is 8.04. The van der Waals surface area contributed by atoms with E-state index in [1.807, 2.05) is 0 Å². The molecule has 2 rings (SSSR count). The second kappa shape index (κ2) is 2.73. The van der Waals surface area contributed by atoms with Gasteiger partial charge in [0.05, 0.1) is 11.2 Å².